The number of rotatable bonds is 3. The van der Waals surface area contributed by atoms with Gasteiger partial charge < -0.3 is 9.67 Å². The van der Waals surface area contributed by atoms with Crippen molar-refractivity contribution in [3.05, 3.63) is 53.6 Å². The number of benzene rings is 1. The third-order valence-corrected chi connectivity index (χ3v) is 7.08. The highest BCUT2D eigenvalue weighted by atomic mass is 35.5. The van der Waals surface area contributed by atoms with Crippen LogP contribution in [0.4, 0.5) is 0 Å². The highest BCUT2D eigenvalue weighted by Crippen LogP contribution is 2.64. The summed E-state index contributed by atoms with van der Waals surface area (Å²) in [6, 6.07) is 8.28. The van der Waals surface area contributed by atoms with Crippen LogP contribution >= 0.6 is 11.6 Å². The lowest BCUT2D eigenvalue weighted by Crippen LogP contribution is -2.59. The van der Waals surface area contributed by atoms with E-state index in [0.29, 0.717) is 5.92 Å². The van der Waals surface area contributed by atoms with Crippen molar-refractivity contribution in [2.45, 2.75) is 44.2 Å². The van der Waals surface area contributed by atoms with Crippen molar-refractivity contribution in [2.75, 3.05) is 0 Å². The molecule has 1 aromatic carbocycles. The molecule has 0 saturated heterocycles. The Morgan fingerprint density at radius 1 is 1.21 bits per heavy atom. The van der Waals surface area contributed by atoms with Crippen LogP contribution in [0.15, 0.2) is 43.0 Å². The summed E-state index contributed by atoms with van der Waals surface area (Å²) < 4.78 is 2.20. The molecule has 0 amide bonds. The number of aliphatic hydroxyl groups is 1. The van der Waals surface area contributed by atoms with Crippen LogP contribution in [0.5, 0.6) is 0 Å². The van der Waals surface area contributed by atoms with Gasteiger partial charge >= 0.3 is 0 Å². The first-order valence-corrected chi connectivity index (χ1v) is 9.44. The van der Waals surface area contributed by atoms with E-state index < -0.39 is 0 Å². The molecule has 126 valence electrons. The third-order valence-electron chi connectivity index (χ3n) is 6.84. The summed E-state index contributed by atoms with van der Waals surface area (Å²) in [4.78, 5) is 4.29. The Balaban J connectivity index is 1.67. The number of hydrogen-bond acceptors (Lipinski definition) is 2. The fourth-order valence-corrected chi connectivity index (χ4v) is 6.56. The maximum Gasteiger partial charge on any atom is 0.0951 e. The number of aliphatic hydroxyl groups excluding tert-OH is 1. The largest absolute Gasteiger partial charge is 0.392 e. The average molecular weight is 343 g/mol. The van der Waals surface area contributed by atoms with Gasteiger partial charge in [0.05, 0.1) is 18.5 Å². The highest BCUT2D eigenvalue weighted by molar-refractivity contribution is 6.30. The first-order chi connectivity index (χ1) is 11.7. The Morgan fingerprint density at radius 3 is 2.67 bits per heavy atom. The third kappa shape index (κ3) is 2.11. The molecule has 4 aliphatic carbocycles. The molecule has 2 aromatic rings. The molecular formula is C20H23ClN2O. The normalized spacial score (nSPS) is 38.4. The van der Waals surface area contributed by atoms with Crippen LogP contribution in [-0.4, -0.2) is 20.8 Å². The molecule has 1 aromatic heterocycles. The molecule has 4 unspecified atom stereocenters. The second-order valence-electron chi connectivity index (χ2n) is 8.25. The van der Waals surface area contributed by atoms with Gasteiger partial charge in [-0.3, -0.25) is 0 Å². The smallest absolute Gasteiger partial charge is 0.0951 e. The average Bonchev–Trinajstić information content (AvgIpc) is 3.06. The van der Waals surface area contributed by atoms with E-state index in [2.05, 4.69) is 21.7 Å². The van der Waals surface area contributed by atoms with Gasteiger partial charge in [0.25, 0.3) is 0 Å². The van der Waals surface area contributed by atoms with Gasteiger partial charge in [0, 0.05) is 22.8 Å². The fourth-order valence-electron chi connectivity index (χ4n) is 6.36. The van der Waals surface area contributed by atoms with Crippen LogP contribution in [0.1, 0.15) is 43.7 Å². The minimum absolute atomic E-state index is 0.0832. The zero-order valence-electron chi connectivity index (χ0n) is 13.7. The Labute approximate surface area is 147 Å². The minimum atomic E-state index is -0.225. The highest BCUT2D eigenvalue weighted by Gasteiger charge is 2.60. The number of hydrogen-bond donors (Lipinski definition) is 1. The monoisotopic (exact) mass is 342 g/mol. The van der Waals surface area contributed by atoms with Gasteiger partial charge in [0.15, 0.2) is 0 Å². The molecule has 24 heavy (non-hydrogen) atoms. The molecule has 1 N–H and O–H groups in total. The van der Waals surface area contributed by atoms with Gasteiger partial charge in [-0.05, 0) is 67.6 Å². The predicted molar refractivity (Wildman–Crippen MR) is 93.8 cm³/mol. The van der Waals surface area contributed by atoms with E-state index in [9.17, 15) is 5.11 Å². The second kappa shape index (κ2) is 5.34. The number of imidazole rings is 1. The standard InChI is InChI=1S/C20H23ClN2O/c21-17-3-1-2-15(9-17)18(23-5-4-22-12-23)20-10-13-6-14(11-20)8-16(7-13)19(20)24/h1-5,9,12-14,16,18-19,24H,6-8,10-11H2. The molecule has 1 heterocycles. The summed E-state index contributed by atoms with van der Waals surface area (Å²) in [6.45, 7) is 0. The van der Waals surface area contributed by atoms with E-state index in [0.717, 1.165) is 29.7 Å². The Kier molecular flexibility index (Phi) is 3.33. The van der Waals surface area contributed by atoms with Gasteiger partial charge in [-0.2, -0.15) is 0 Å². The number of aromatic nitrogens is 2. The fraction of sp³-hybridized carbons (Fsp3) is 0.550. The predicted octanol–water partition coefficient (Wildman–Crippen LogP) is 4.31. The maximum absolute atomic E-state index is 11.3. The van der Waals surface area contributed by atoms with E-state index in [1.165, 1.54) is 24.8 Å². The van der Waals surface area contributed by atoms with Gasteiger partial charge in [0.1, 0.15) is 0 Å². The molecule has 4 aliphatic rings. The lowest BCUT2D eigenvalue weighted by atomic mass is 9.45. The summed E-state index contributed by atoms with van der Waals surface area (Å²) in [5.41, 5.74) is 1.11. The Morgan fingerprint density at radius 2 is 2.00 bits per heavy atom. The van der Waals surface area contributed by atoms with Crippen LogP contribution in [0.2, 0.25) is 5.02 Å². The van der Waals surface area contributed by atoms with Crippen LogP contribution in [0.25, 0.3) is 0 Å². The topological polar surface area (TPSA) is 38.0 Å². The maximum atomic E-state index is 11.3. The quantitative estimate of drug-likeness (QED) is 0.902. The molecule has 6 rings (SSSR count). The van der Waals surface area contributed by atoms with Crippen LogP contribution in [-0.2, 0) is 0 Å². The van der Waals surface area contributed by atoms with E-state index in [1.807, 2.05) is 30.9 Å². The molecule has 4 fully saturated rings. The molecule has 3 nitrogen and oxygen atoms in total. The van der Waals surface area contributed by atoms with E-state index in [1.54, 1.807) is 0 Å². The molecule has 0 spiro atoms. The lowest BCUT2D eigenvalue weighted by molar-refractivity contribution is -0.170. The molecule has 4 atom stereocenters. The van der Waals surface area contributed by atoms with Crippen LogP contribution in [0, 0.1) is 23.2 Å². The summed E-state index contributed by atoms with van der Waals surface area (Å²) >= 11 is 6.31. The van der Waals surface area contributed by atoms with E-state index in [-0.39, 0.29) is 17.6 Å². The van der Waals surface area contributed by atoms with Crippen molar-refractivity contribution >= 4 is 11.6 Å². The van der Waals surface area contributed by atoms with E-state index in [4.69, 9.17) is 11.6 Å². The first kappa shape index (κ1) is 15.0. The van der Waals surface area contributed by atoms with Crippen LogP contribution < -0.4 is 0 Å². The molecule has 4 heteroatoms. The number of halogens is 1. The Bertz CT molecular complexity index is 730. The molecule has 0 radical (unpaired) electrons. The van der Waals surface area contributed by atoms with Crippen molar-refractivity contribution in [3.8, 4) is 0 Å². The van der Waals surface area contributed by atoms with Gasteiger partial charge in [-0.15, -0.1) is 0 Å². The minimum Gasteiger partial charge on any atom is -0.392 e. The van der Waals surface area contributed by atoms with Crippen molar-refractivity contribution in [1.29, 1.82) is 0 Å². The Hall–Kier alpha value is -1.32. The molecular weight excluding hydrogens is 320 g/mol. The first-order valence-electron chi connectivity index (χ1n) is 9.07. The number of nitrogens with zero attached hydrogens (tertiary/aromatic N) is 2. The van der Waals surface area contributed by atoms with Crippen molar-refractivity contribution < 1.29 is 5.11 Å². The summed E-state index contributed by atoms with van der Waals surface area (Å²) in [7, 11) is 0. The summed E-state index contributed by atoms with van der Waals surface area (Å²) in [5, 5.41) is 12.1. The van der Waals surface area contributed by atoms with Crippen molar-refractivity contribution in [2.24, 2.45) is 23.2 Å². The second-order valence-corrected chi connectivity index (χ2v) is 8.69. The van der Waals surface area contributed by atoms with Crippen LogP contribution in [0.3, 0.4) is 0 Å². The molecule has 4 bridgehead atoms. The van der Waals surface area contributed by atoms with Gasteiger partial charge in [-0.1, -0.05) is 23.7 Å². The zero-order valence-corrected chi connectivity index (χ0v) is 14.4. The van der Waals surface area contributed by atoms with Crippen molar-refractivity contribution in [1.82, 2.24) is 9.55 Å². The lowest BCUT2D eigenvalue weighted by Gasteiger charge is -2.62. The summed E-state index contributed by atoms with van der Waals surface area (Å²) in [5.74, 6) is 2.02. The zero-order chi connectivity index (χ0) is 16.3. The van der Waals surface area contributed by atoms with Gasteiger partial charge in [-0.25, -0.2) is 4.98 Å². The molecule has 4 saturated carbocycles. The summed E-state index contributed by atoms with van der Waals surface area (Å²) in [6.07, 6.45) is 11.6. The van der Waals surface area contributed by atoms with Gasteiger partial charge in [0.2, 0.25) is 0 Å². The molecule has 0 aliphatic heterocycles. The van der Waals surface area contributed by atoms with Crippen molar-refractivity contribution in [3.63, 3.8) is 0 Å². The van der Waals surface area contributed by atoms with E-state index >= 15 is 0 Å². The SMILES string of the molecule is OC1C2CC3CC(C2)CC1(C(c1cccc(Cl)c1)n1ccnc1)C3.